The number of amides is 1. The molecule has 1 unspecified atom stereocenters. The lowest BCUT2D eigenvalue weighted by Crippen LogP contribution is -2.43. The third-order valence-corrected chi connectivity index (χ3v) is 6.06. The second-order valence-corrected chi connectivity index (χ2v) is 9.23. The Morgan fingerprint density at radius 3 is 2.29 bits per heavy atom. The second-order valence-electron chi connectivity index (χ2n) is 8.35. The van der Waals surface area contributed by atoms with Gasteiger partial charge in [0.1, 0.15) is 12.1 Å². The number of halogens is 2. The molecule has 1 N–H and O–H groups in total. The van der Waals surface area contributed by atoms with Crippen molar-refractivity contribution in [2.45, 2.75) is 50.7 Å². The molecule has 7 heteroatoms. The molecule has 31 heavy (non-hydrogen) atoms. The predicted octanol–water partition coefficient (Wildman–Crippen LogP) is 6.08. The molecule has 0 radical (unpaired) electrons. The van der Waals surface area contributed by atoms with E-state index in [2.05, 4.69) is 5.32 Å². The first-order chi connectivity index (χ1) is 14.7. The molecule has 2 aromatic rings. The lowest BCUT2D eigenvalue weighted by molar-refractivity contribution is -0.143. The summed E-state index contributed by atoms with van der Waals surface area (Å²) in [5.41, 5.74) is 1.46. The average Bonchev–Trinajstić information content (AvgIpc) is 3.53. The predicted molar refractivity (Wildman–Crippen MR) is 121 cm³/mol. The van der Waals surface area contributed by atoms with Crippen LogP contribution in [0.3, 0.4) is 0 Å². The van der Waals surface area contributed by atoms with Gasteiger partial charge in [0.15, 0.2) is 0 Å². The molecule has 1 amide bonds. The molecule has 0 aromatic heterocycles. The largest absolute Gasteiger partial charge is 0.467 e. The molecular weight excluding hydrogens is 437 g/mol. The van der Waals surface area contributed by atoms with Crippen LogP contribution in [0, 0.1) is 5.92 Å². The van der Waals surface area contributed by atoms with Crippen LogP contribution in [-0.2, 0) is 19.7 Å². The van der Waals surface area contributed by atoms with Crippen LogP contribution in [0.5, 0.6) is 0 Å². The van der Waals surface area contributed by atoms with Crippen molar-refractivity contribution in [2.75, 3.05) is 7.11 Å². The van der Waals surface area contributed by atoms with Gasteiger partial charge in [-0.15, -0.1) is 0 Å². The normalized spacial score (nSPS) is 16.3. The lowest BCUT2D eigenvalue weighted by atomic mass is 9.86. The summed E-state index contributed by atoms with van der Waals surface area (Å²) in [6.07, 6.45) is 0.929. The topological polar surface area (TPSA) is 64.6 Å². The quantitative estimate of drug-likeness (QED) is 0.481. The zero-order valence-corrected chi connectivity index (χ0v) is 19.4. The van der Waals surface area contributed by atoms with Crippen LogP contribution in [-0.4, -0.2) is 25.2 Å². The van der Waals surface area contributed by atoms with Gasteiger partial charge in [0.05, 0.1) is 7.11 Å². The summed E-state index contributed by atoms with van der Waals surface area (Å²) in [5, 5.41) is 3.92. The SMILES string of the molecule is COC(=O)[C@H](CC(C)C)NC(=O)OC(c1ccc(Cl)cc1)C1(c2cccc(Cl)c2)CC1. The number of ether oxygens (including phenoxy) is 2. The van der Waals surface area contributed by atoms with E-state index in [1.807, 2.05) is 50.2 Å². The Balaban J connectivity index is 1.88. The van der Waals surface area contributed by atoms with E-state index in [-0.39, 0.29) is 11.3 Å². The number of carbonyl (C=O) groups is 2. The van der Waals surface area contributed by atoms with Gasteiger partial charge in [-0.05, 0) is 60.6 Å². The van der Waals surface area contributed by atoms with Gasteiger partial charge in [0.2, 0.25) is 0 Å². The van der Waals surface area contributed by atoms with Crippen molar-refractivity contribution >= 4 is 35.3 Å². The van der Waals surface area contributed by atoms with E-state index in [1.54, 1.807) is 12.1 Å². The highest BCUT2D eigenvalue weighted by Crippen LogP contribution is 2.58. The van der Waals surface area contributed by atoms with E-state index in [1.165, 1.54) is 7.11 Å². The van der Waals surface area contributed by atoms with Crippen molar-refractivity contribution in [3.05, 3.63) is 69.7 Å². The Hall–Kier alpha value is -2.24. The monoisotopic (exact) mass is 463 g/mol. The minimum Gasteiger partial charge on any atom is -0.467 e. The summed E-state index contributed by atoms with van der Waals surface area (Å²) >= 11 is 12.3. The highest BCUT2D eigenvalue weighted by atomic mass is 35.5. The number of carbonyl (C=O) groups excluding carboxylic acids is 2. The molecule has 0 bridgehead atoms. The molecule has 3 rings (SSSR count). The summed E-state index contributed by atoms with van der Waals surface area (Å²) < 4.78 is 10.8. The summed E-state index contributed by atoms with van der Waals surface area (Å²) in [7, 11) is 1.30. The number of hydrogen-bond acceptors (Lipinski definition) is 4. The Labute approximate surface area is 193 Å². The van der Waals surface area contributed by atoms with Crippen molar-refractivity contribution in [1.29, 1.82) is 0 Å². The summed E-state index contributed by atoms with van der Waals surface area (Å²) in [4.78, 5) is 25.0. The van der Waals surface area contributed by atoms with Crippen LogP contribution in [0.4, 0.5) is 4.79 Å². The molecule has 166 valence electrons. The summed E-state index contributed by atoms with van der Waals surface area (Å²) in [6, 6.07) is 14.1. The van der Waals surface area contributed by atoms with E-state index >= 15 is 0 Å². The first-order valence-corrected chi connectivity index (χ1v) is 11.1. The van der Waals surface area contributed by atoms with E-state index in [0.29, 0.717) is 16.5 Å². The van der Waals surface area contributed by atoms with E-state index in [9.17, 15) is 9.59 Å². The molecule has 2 aromatic carbocycles. The third-order valence-electron chi connectivity index (χ3n) is 5.57. The average molecular weight is 464 g/mol. The van der Waals surface area contributed by atoms with E-state index in [4.69, 9.17) is 32.7 Å². The minimum absolute atomic E-state index is 0.192. The Bertz CT molecular complexity index is 925. The molecule has 0 spiro atoms. The third kappa shape index (κ3) is 5.72. The maximum absolute atomic E-state index is 12.9. The fraction of sp³-hybridized carbons (Fsp3) is 0.417. The van der Waals surface area contributed by atoms with Gasteiger partial charge in [-0.3, -0.25) is 0 Å². The summed E-state index contributed by atoms with van der Waals surface area (Å²) in [5.74, 6) is -0.303. The summed E-state index contributed by atoms with van der Waals surface area (Å²) in [6.45, 7) is 3.94. The number of nitrogens with one attached hydrogen (secondary N) is 1. The van der Waals surface area contributed by atoms with E-state index in [0.717, 1.165) is 24.0 Å². The van der Waals surface area contributed by atoms with Crippen molar-refractivity contribution in [2.24, 2.45) is 5.92 Å². The van der Waals surface area contributed by atoms with Crippen molar-refractivity contribution in [1.82, 2.24) is 5.32 Å². The Morgan fingerprint density at radius 2 is 1.74 bits per heavy atom. The highest BCUT2D eigenvalue weighted by Gasteiger charge is 2.53. The molecule has 0 saturated heterocycles. The number of alkyl carbamates (subject to hydrolysis) is 1. The standard InChI is InChI=1S/C24H27Cl2NO4/c1-15(2)13-20(22(28)30-3)27-23(29)31-21(16-7-9-18(25)10-8-16)24(11-12-24)17-5-4-6-19(26)14-17/h4-10,14-15,20-21H,11-13H2,1-3H3,(H,27,29)/t20-,21?/m0/s1. The van der Waals surface area contributed by atoms with Gasteiger partial charge >= 0.3 is 12.1 Å². The van der Waals surface area contributed by atoms with Crippen LogP contribution in [0.15, 0.2) is 48.5 Å². The van der Waals surface area contributed by atoms with Crippen LogP contribution >= 0.6 is 23.2 Å². The highest BCUT2D eigenvalue weighted by molar-refractivity contribution is 6.30. The molecule has 5 nitrogen and oxygen atoms in total. The molecule has 2 atom stereocenters. The Kier molecular flexibility index (Phi) is 7.50. The Morgan fingerprint density at radius 1 is 1.06 bits per heavy atom. The minimum atomic E-state index is -0.773. The molecular formula is C24H27Cl2NO4. The molecule has 1 aliphatic rings. The van der Waals surface area contributed by atoms with Crippen molar-refractivity contribution in [3.8, 4) is 0 Å². The number of methoxy groups -OCH3 is 1. The van der Waals surface area contributed by atoms with Crippen LogP contribution in [0.2, 0.25) is 10.0 Å². The van der Waals surface area contributed by atoms with Crippen LogP contribution in [0.25, 0.3) is 0 Å². The molecule has 1 aliphatic carbocycles. The van der Waals surface area contributed by atoms with E-state index < -0.39 is 24.2 Å². The number of benzene rings is 2. The number of rotatable bonds is 8. The smallest absolute Gasteiger partial charge is 0.408 e. The number of esters is 1. The lowest BCUT2D eigenvalue weighted by Gasteiger charge is -2.29. The molecule has 1 fully saturated rings. The fourth-order valence-corrected chi connectivity index (χ4v) is 4.20. The van der Waals surface area contributed by atoms with Gasteiger partial charge in [0, 0.05) is 15.5 Å². The van der Waals surface area contributed by atoms with Gasteiger partial charge in [-0.1, -0.05) is 61.3 Å². The van der Waals surface area contributed by atoms with Crippen LogP contribution < -0.4 is 5.32 Å². The zero-order chi connectivity index (χ0) is 22.6. The number of hydrogen-bond donors (Lipinski definition) is 1. The maximum Gasteiger partial charge on any atom is 0.408 e. The van der Waals surface area contributed by atoms with Gasteiger partial charge < -0.3 is 14.8 Å². The fourth-order valence-electron chi connectivity index (χ4n) is 3.88. The second kappa shape index (κ2) is 9.92. The zero-order valence-electron chi connectivity index (χ0n) is 17.9. The van der Waals surface area contributed by atoms with Crippen LogP contribution in [0.1, 0.15) is 50.3 Å². The first-order valence-electron chi connectivity index (χ1n) is 10.3. The molecule has 0 heterocycles. The van der Waals surface area contributed by atoms with Gasteiger partial charge in [-0.25, -0.2) is 9.59 Å². The van der Waals surface area contributed by atoms with Crippen molar-refractivity contribution in [3.63, 3.8) is 0 Å². The molecule has 1 saturated carbocycles. The molecule has 0 aliphatic heterocycles. The first kappa shape index (κ1) is 23.4. The van der Waals surface area contributed by atoms with Crippen molar-refractivity contribution < 1.29 is 19.1 Å². The van der Waals surface area contributed by atoms with Gasteiger partial charge in [0.25, 0.3) is 0 Å². The van der Waals surface area contributed by atoms with Gasteiger partial charge in [-0.2, -0.15) is 0 Å². The maximum atomic E-state index is 12.9.